The van der Waals surface area contributed by atoms with Crippen LogP contribution < -0.4 is 11.1 Å². The second kappa shape index (κ2) is 6.36. The van der Waals surface area contributed by atoms with Gasteiger partial charge >= 0.3 is 5.97 Å². The monoisotopic (exact) mass is 252 g/mol. The number of carbonyl (C=O) groups excluding carboxylic acids is 2. The van der Waals surface area contributed by atoms with Gasteiger partial charge in [-0.1, -0.05) is 12.1 Å². The van der Waals surface area contributed by atoms with Gasteiger partial charge in [-0.05, 0) is 12.1 Å². The molecule has 0 aliphatic carbocycles. The maximum atomic E-state index is 11.4. The molecule has 0 aromatic heterocycles. The standard InChI is InChI=1S/C11H12N2O5/c12-11(17)7-3-1-2-4-8(7)13-9(14)5-18-6-10(15)16/h1-4H,5-6H2,(H2,12,17)(H,13,14)(H,15,16). The van der Waals surface area contributed by atoms with E-state index in [2.05, 4.69) is 10.1 Å². The van der Waals surface area contributed by atoms with Crippen LogP contribution in [0.25, 0.3) is 0 Å². The number of primary amides is 1. The molecule has 0 bridgehead atoms. The van der Waals surface area contributed by atoms with Crippen molar-refractivity contribution in [2.24, 2.45) is 5.73 Å². The van der Waals surface area contributed by atoms with E-state index in [-0.39, 0.29) is 11.3 Å². The highest BCUT2D eigenvalue weighted by Crippen LogP contribution is 2.13. The highest BCUT2D eigenvalue weighted by Gasteiger charge is 2.10. The molecule has 0 unspecified atom stereocenters. The van der Waals surface area contributed by atoms with E-state index in [1.807, 2.05) is 0 Å². The lowest BCUT2D eigenvalue weighted by molar-refractivity contribution is -0.143. The van der Waals surface area contributed by atoms with Crippen molar-refractivity contribution in [2.45, 2.75) is 0 Å². The fourth-order valence-corrected chi connectivity index (χ4v) is 1.22. The van der Waals surface area contributed by atoms with Crippen molar-refractivity contribution in [1.82, 2.24) is 0 Å². The summed E-state index contributed by atoms with van der Waals surface area (Å²) in [7, 11) is 0. The number of hydrogen-bond acceptors (Lipinski definition) is 4. The van der Waals surface area contributed by atoms with Gasteiger partial charge in [0.25, 0.3) is 5.91 Å². The quantitative estimate of drug-likeness (QED) is 0.649. The lowest BCUT2D eigenvalue weighted by Gasteiger charge is -2.08. The number of aliphatic carboxylic acids is 1. The Balaban J connectivity index is 2.59. The van der Waals surface area contributed by atoms with Crippen LogP contribution in [-0.2, 0) is 14.3 Å². The van der Waals surface area contributed by atoms with E-state index in [4.69, 9.17) is 10.8 Å². The molecule has 0 saturated carbocycles. The molecule has 0 aliphatic heterocycles. The van der Waals surface area contributed by atoms with Gasteiger partial charge in [0.15, 0.2) is 0 Å². The number of nitrogens with one attached hydrogen (secondary N) is 1. The van der Waals surface area contributed by atoms with E-state index < -0.39 is 31.0 Å². The first-order valence-corrected chi connectivity index (χ1v) is 4.99. The third kappa shape index (κ3) is 4.22. The van der Waals surface area contributed by atoms with Crippen LogP contribution in [0.5, 0.6) is 0 Å². The number of benzene rings is 1. The molecule has 1 aromatic carbocycles. The Bertz CT molecular complexity index is 472. The summed E-state index contributed by atoms with van der Waals surface area (Å²) in [6.45, 7) is -0.982. The Morgan fingerprint density at radius 2 is 1.89 bits per heavy atom. The number of nitrogens with two attached hydrogens (primary N) is 1. The lowest BCUT2D eigenvalue weighted by Crippen LogP contribution is -2.23. The van der Waals surface area contributed by atoms with E-state index in [0.717, 1.165) is 0 Å². The zero-order valence-electron chi connectivity index (χ0n) is 9.38. The van der Waals surface area contributed by atoms with Crippen LogP contribution in [0.15, 0.2) is 24.3 Å². The minimum absolute atomic E-state index is 0.170. The summed E-state index contributed by atoms with van der Waals surface area (Å²) in [4.78, 5) is 32.6. The predicted molar refractivity (Wildman–Crippen MR) is 62.0 cm³/mol. The van der Waals surface area contributed by atoms with Gasteiger partial charge < -0.3 is 20.9 Å². The summed E-state index contributed by atoms with van der Waals surface area (Å²) < 4.78 is 4.60. The largest absolute Gasteiger partial charge is 0.480 e. The number of para-hydroxylation sites is 1. The average Bonchev–Trinajstić information content (AvgIpc) is 2.28. The zero-order chi connectivity index (χ0) is 13.5. The second-order valence-corrected chi connectivity index (χ2v) is 3.34. The van der Waals surface area contributed by atoms with Gasteiger partial charge in [-0.15, -0.1) is 0 Å². The predicted octanol–water partition coefficient (Wildman–Crippen LogP) is -0.175. The first-order chi connectivity index (χ1) is 8.50. The molecular weight excluding hydrogens is 240 g/mol. The number of rotatable bonds is 6. The summed E-state index contributed by atoms with van der Waals surface area (Å²) in [6, 6.07) is 6.21. The third-order valence-corrected chi connectivity index (χ3v) is 1.93. The van der Waals surface area contributed by atoms with Crippen LogP contribution in [0, 0.1) is 0 Å². The number of hydrogen-bond donors (Lipinski definition) is 3. The topological polar surface area (TPSA) is 119 Å². The van der Waals surface area contributed by atoms with Gasteiger partial charge in [-0.3, -0.25) is 9.59 Å². The minimum Gasteiger partial charge on any atom is -0.480 e. The maximum Gasteiger partial charge on any atom is 0.329 e. The molecule has 0 radical (unpaired) electrons. The van der Waals surface area contributed by atoms with E-state index >= 15 is 0 Å². The molecule has 7 heteroatoms. The Morgan fingerprint density at radius 3 is 2.50 bits per heavy atom. The van der Waals surface area contributed by atoms with Crippen LogP contribution in [0.1, 0.15) is 10.4 Å². The molecule has 0 heterocycles. The van der Waals surface area contributed by atoms with Gasteiger partial charge in [0.2, 0.25) is 5.91 Å². The number of carbonyl (C=O) groups is 3. The lowest BCUT2D eigenvalue weighted by atomic mass is 10.1. The molecule has 7 nitrogen and oxygen atoms in total. The number of amides is 2. The van der Waals surface area contributed by atoms with Crippen LogP contribution in [0.2, 0.25) is 0 Å². The van der Waals surface area contributed by atoms with Crippen LogP contribution in [-0.4, -0.2) is 36.1 Å². The third-order valence-electron chi connectivity index (χ3n) is 1.93. The van der Waals surface area contributed by atoms with E-state index in [1.165, 1.54) is 12.1 Å². The Hall–Kier alpha value is -2.41. The number of anilines is 1. The van der Waals surface area contributed by atoms with Gasteiger partial charge in [0, 0.05) is 0 Å². The minimum atomic E-state index is -1.17. The molecule has 2 amide bonds. The number of carboxylic acids is 1. The molecule has 1 aromatic rings. The fraction of sp³-hybridized carbons (Fsp3) is 0.182. The molecule has 4 N–H and O–H groups in total. The Labute approximate surface area is 103 Å². The normalized spacial score (nSPS) is 9.78. The molecule has 0 atom stereocenters. The smallest absolute Gasteiger partial charge is 0.329 e. The summed E-state index contributed by atoms with van der Waals surface area (Å²) in [5.74, 6) is -2.40. The first-order valence-electron chi connectivity index (χ1n) is 4.99. The average molecular weight is 252 g/mol. The molecule has 0 spiro atoms. The number of ether oxygens (including phenoxy) is 1. The van der Waals surface area contributed by atoms with Crippen molar-refractivity contribution in [3.05, 3.63) is 29.8 Å². The molecule has 0 aliphatic rings. The molecule has 1 rings (SSSR count). The summed E-state index contributed by atoms with van der Waals surface area (Å²) in [5, 5.41) is 10.7. The molecule has 0 saturated heterocycles. The van der Waals surface area contributed by atoms with E-state index in [0.29, 0.717) is 0 Å². The highest BCUT2D eigenvalue weighted by molar-refractivity contribution is 6.03. The SMILES string of the molecule is NC(=O)c1ccccc1NC(=O)COCC(=O)O. The van der Waals surface area contributed by atoms with Crippen molar-refractivity contribution in [1.29, 1.82) is 0 Å². The van der Waals surface area contributed by atoms with Gasteiger partial charge in [-0.2, -0.15) is 0 Å². The molecule has 18 heavy (non-hydrogen) atoms. The van der Waals surface area contributed by atoms with Crippen LogP contribution in [0.4, 0.5) is 5.69 Å². The Morgan fingerprint density at radius 1 is 1.22 bits per heavy atom. The summed E-state index contributed by atoms with van der Waals surface area (Å²) in [5.41, 5.74) is 5.56. The van der Waals surface area contributed by atoms with Gasteiger partial charge in [0.1, 0.15) is 13.2 Å². The van der Waals surface area contributed by atoms with Crippen LogP contribution >= 0.6 is 0 Å². The van der Waals surface area contributed by atoms with Gasteiger partial charge in [-0.25, -0.2) is 4.79 Å². The maximum absolute atomic E-state index is 11.4. The van der Waals surface area contributed by atoms with Crippen molar-refractivity contribution < 1.29 is 24.2 Å². The van der Waals surface area contributed by atoms with Crippen molar-refractivity contribution >= 4 is 23.5 Å². The van der Waals surface area contributed by atoms with Crippen molar-refractivity contribution in [3.63, 3.8) is 0 Å². The van der Waals surface area contributed by atoms with E-state index in [1.54, 1.807) is 12.1 Å². The Kier molecular flexibility index (Phi) is 4.82. The molecular formula is C11H12N2O5. The highest BCUT2D eigenvalue weighted by atomic mass is 16.5. The molecule has 0 fully saturated rings. The molecule has 96 valence electrons. The second-order valence-electron chi connectivity index (χ2n) is 3.34. The fourth-order valence-electron chi connectivity index (χ4n) is 1.22. The van der Waals surface area contributed by atoms with Gasteiger partial charge in [0.05, 0.1) is 11.3 Å². The van der Waals surface area contributed by atoms with E-state index in [9.17, 15) is 14.4 Å². The summed E-state index contributed by atoms with van der Waals surface area (Å²) >= 11 is 0. The summed E-state index contributed by atoms with van der Waals surface area (Å²) in [6.07, 6.45) is 0. The van der Waals surface area contributed by atoms with Crippen molar-refractivity contribution in [2.75, 3.05) is 18.5 Å². The van der Waals surface area contributed by atoms with Crippen molar-refractivity contribution in [3.8, 4) is 0 Å². The number of carboxylic acid groups (broad SMARTS) is 1. The zero-order valence-corrected chi connectivity index (χ0v) is 9.38. The van der Waals surface area contributed by atoms with Crippen LogP contribution in [0.3, 0.4) is 0 Å². The first kappa shape index (κ1) is 13.7.